The van der Waals surface area contributed by atoms with Gasteiger partial charge in [-0.25, -0.2) is 0 Å². The van der Waals surface area contributed by atoms with Crippen LogP contribution in [0.3, 0.4) is 0 Å². The minimum Gasteiger partial charge on any atom is -0.303 e. The molecule has 1 aliphatic carbocycles. The van der Waals surface area contributed by atoms with Crippen LogP contribution < -0.4 is 5.32 Å². The smallest absolute Gasteiger partial charge is 0.0934 e. The highest BCUT2D eigenvalue weighted by atomic mass is 35.5. The van der Waals surface area contributed by atoms with Crippen molar-refractivity contribution in [2.75, 3.05) is 0 Å². The number of halogens is 1. The molecular formula is C15H20ClN3S. The highest BCUT2D eigenvalue weighted by Crippen LogP contribution is 2.38. The van der Waals surface area contributed by atoms with E-state index < -0.39 is 0 Å². The topological polar surface area (TPSA) is 29.9 Å². The van der Waals surface area contributed by atoms with Gasteiger partial charge in [-0.15, -0.1) is 11.3 Å². The number of hydrogen-bond acceptors (Lipinski definition) is 3. The van der Waals surface area contributed by atoms with Crippen molar-refractivity contribution < 1.29 is 0 Å². The van der Waals surface area contributed by atoms with Crippen LogP contribution in [0.4, 0.5) is 0 Å². The zero-order valence-electron chi connectivity index (χ0n) is 12.1. The highest BCUT2D eigenvalue weighted by Gasteiger charge is 2.25. The van der Waals surface area contributed by atoms with Crippen molar-refractivity contribution in [1.82, 2.24) is 15.1 Å². The molecule has 0 amide bonds. The van der Waals surface area contributed by atoms with E-state index in [4.69, 9.17) is 11.6 Å². The molecule has 2 unspecified atom stereocenters. The van der Waals surface area contributed by atoms with E-state index in [2.05, 4.69) is 30.3 Å². The Morgan fingerprint density at radius 3 is 3.05 bits per heavy atom. The Kier molecular flexibility index (Phi) is 3.89. The van der Waals surface area contributed by atoms with Crippen LogP contribution >= 0.6 is 22.9 Å². The van der Waals surface area contributed by atoms with E-state index in [1.54, 1.807) is 11.3 Å². The van der Waals surface area contributed by atoms with Crippen molar-refractivity contribution in [1.29, 1.82) is 0 Å². The molecule has 0 aromatic carbocycles. The average Bonchev–Trinajstić information content (AvgIpc) is 2.94. The molecular weight excluding hydrogens is 290 g/mol. The minimum atomic E-state index is 0.304. The lowest BCUT2D eigenvalue weighted by Gasteiger charge is -2.27. The summed E-state index contributed by atoms with van der Waals surface area (Å²) in [6, 6.07) is 2.86. The van der Waals surface area contributed by atoms with Crippen molar-refractivity contribution >= 4 is 22.9 Å². The largest absolute Gasteiger partial charge is 0.303 e. The molecule has 0 saturated carbocycles. The van der Waals surface area contributed by atoms with E-state index in [0.717, 1.165) is 4.34 Å². The van der Waals surface area contributed by atoms with Crippen molar-refractivity contribution in [2.24, 2.45) is 7.05 Å². The van der Waals surface area contributed by atoms with E-state index >= 15 is 0 Å². The van der Waals surface area contributed by atoms with Gasteiger partial charge in [-0.3, -0.25) is 4.68 Å². The van der Waals surface area contributed by atoms with Gasteiger partial charge in [0.2, 0.25) is 0 Å². The Bertz CT molecular complexity index is 617. The summed E-state index contributed by atoms with van der Waals surface area (Å²) in [6.07, 6.45) is 5.56. The maximum atomic E-state index is 6.18. The van der Waals surface area contributed by atoms with E-state index in [9.17, 15) is 0 Å². The van der Waals surface area contributed by atoms with Gasteiger partial charge in [-0.05, 0) is 44.7 Å². The van der Waals surface area contributed by atoms with E-state index in [0.29, 0.717) is 12.1 Å². The summed E-state index contributed by atoms with van der Waals surface area (Å²) in [5, 5.41) is 8.09. The van der Waals surface area contributed by atoms with Gasteiger partial charge in [-0.1, -0.05) is 11.6 Å². The number of aromatic nitrogens is 2. The Morgan fingerprint density at radius 1 is 1.55 bits per heavy atom. The lowest BCUT2D eigenvalue weighted by atomic mass is 9.93. The molecule has 0 spiro atoms. The second-order valence-corrected chi connectivity index (χ2v) is 7.34. The molecule has 0 radical (unpaired) electrons. The number of nitrogens with zero attached hydrogens (tertiary/aromatic N) is 2. The maximum Gasteiger partial charge on any atom is 0.0934 e. The van der Waals surface area contributed by atoms with Crippen LogP contribution in [0.2, 0.25) is 4.34 Å². The molecule has 0 fully saturated rings. The number of fused-ring (bicyclic) bond motifs is 1. The van der Waals surface area contributed by atoms with Crippen molar-refractivity contribution in [2.45, 2.75) is 45.2 Å². The summed E-state index contributed by atoms with van der Waals surface area (Å²) in [6.45, 7) is 4.33. The molecule has 20 heavy (non-hydrogen) atoms. The molecule has 1 N–H and O–H groups in total. The summed E-state index contributed by atoms with van der Waals surface area (Å²) in [5.74, 6) is 0. The summed E-state index contributed by atoms with van der Waals surface area (Å²) >= 11 is 7.91. The quantitative estimate of drug-likeness (QED) is 0.922. The van der Waals surface area contributed by atoms with Crippen LogP contribution in [-0.2, 0) is 13.5 Å². The van der Waals surface area contributed by atoms with Gasteiger partial charge < -0.3 is 5.32 Å². The first-order valence-electron chi connectivity index (χ1n) is 7.09. The second-order valence-electron chi connectivity index (χ2n) is 5.57. The highest BCUT2D eigenvalue weighted by molar-refractivity contribution is 7.16. The molecule has 0 aliphatic heterocycles. The van der Waals surface area contributed by atoms with Crippen LogP contribution in [0.5, 0.6) is 0 Å². The van der Waals surface area contributed by atoms with Gasteiger partial charge in [0.15, 0.2) is 0 Å². The average molecular weight is 310 g/mol. The Balaban J connectivity index is 1.80. The molecule has 2 atom stereocenters. The minimum absolute atomic E-state index is 0.304. The number of nitrogens with one attached hydrogen (secondary N) is 1. The van der Waals surface area contributed by atoms with E-state index in [1.165, 1.54) is 41.0 Å². The van der Waals surface area contributed by atoms with E-state index in [-0.39, 0.29) is 0 Å². The fourth-order valence-corrected chi connectivity index (χ4v) is 4.41. The molecule has 2 heterocycles. The standard InChI is InChI=1S/C15H20ClN3S/c1-9(12-8-17-19(3)10(12)2)18-13-5-4-6-14-11(13)7-15(16)20-14/h7-9,13,18H,4-6H2,1-3H3. The zero-order chi connectivity index (χ0) is 14.3. The normalized spacial score (nSPS) is 19.9. The zero-order valence-corrected chi connectivity index (χ0v) is 13.7. The molecule has 3 nitrogen and oxygen atoms in total. The Morgan fingerprint density at radius 2 is 2.35 bits per heavy atom. The van der Waals surface area contributed by atoms with Crippen LogP contribution in [-0.4, -0.2) is 9.78 Å². The Hall–Kier alpha value is -0.840. The fraction of sp³-hybridized carbons (Fsp3) is 0.533. The molecule has 0 bridgehead atoms. The van der Waals surface area contributed by atoms with Crippen molar-refractivity contribution in [3.8, 4) is 0 Å². The predicted octanol–water partition coefficient (Wildman–Crippen LogP) is 4.17. The predicted molar refractivity (Wildman–Crippen MR) is 84.5 cm³/mol. The lowest BCUT2D eigenvalue weighted by Crippen LogP contribution is -2.27. The van der Waals surface area contributed by atoms with Crippen LogP contribution in [0, 0.1) is 6.92 Å². The third kappa shape index (κ3) is 2.52. The van der Waals surface area contributed by atoms with Crippen LogP contribution in [0.1, 0.15) is 53.5 Å². The number of thiophene rings is 1. The van der Waals surface area contributed by atoms with Crippen LogP contribution in [0.25, 0.3) is 0 Å². The second kappa shape index (κ2) is 5.51. The lowest BCUT2D eigenvalue weighted by molar-refractivity contribution is 0.417. The summed E-state index contributed by atoms with van der Waals surface area (Å²) in [7, 11) is 1.99. The first-order valence-corrected chi connectivity index (χ1v) is 8.28. The van der Waals surface area contributed by atoms with Gasteiger partial charge in [0.1, 0.15) is 0 Å². The molecule has 1 aliphatic rings. The number of aryl methyl sites for hydroxylation is 2. The fourth-order valence-electron chi connectivity index (χ4n) is 3.03. The first-order chi connectivity index (χ1) is 9.56. The van der Waals surface area contributed by atoms with Gasteiger partial charge in [0, 0.05) is 35.3 Å². The molecule has 2 aromatic rings. The molecule has 0 saturated heterocycles. The van der Waals surface area contributed by atoms with Crippen molar-refractivity contribution in [3.05, 3.63) is 38.3 Å². The van der Waals surface area contributed by atoms with Crippen molar-refractivity contribution in [3.63, 3.8) is 0 Å². The molecule has 2 aromatic heterocycles. The number of hydrogen-bond donors (Lipinski definition) is 1. The SMILES string of the molecule is Cc1c(C(C)NC2CCCc3sc(Cl)cc32)cnn1C. The van der Waals surface area contributed by atoms with Gasteiger partial charge in [0.05, 0.1) is 10.5 Å². The summed E-state index contributed by atoms with van der Waals surface area (Å²) in [4.78, 5) is 1.45. The van der Waals surface area contributed by atoms with Crippen LogP contribution in [0.15, 0.2) is 12.3 Å². The maximum absolute atomic E-state index is 6.18. The first kappa shape index (κ1) is 14.1. The summed E-state index contributed by atoms with van der Waals surface area (Å²) in [5.41, 5.74) is 3.91. The number of rotatable bonds is 3. The molecule has 3 rings (SSSR count). The van der Waals surface area contributed by atoms with E-state index in [1.807, 2.05) is 17.9 Å². The summed E-state index contributed by atoms with van der Waals surface area (Å²) < 4.78 is 2.84. The van der Waals surface area contributed by atoms with Gasteiger partial charge in [0.25, 0.3) is 0 Å². The Labute approximate surface area is 129 Å². The van der Waals surface area contributed by atoms with Gasteiger partial charge >= 0.3 is 0 Å². The van der Waals surface area contributed by atoms with Gasteiger partial charge in [-0.2, -0.15) is 5.10 Å². The monoisotopic (exact) mass is 309 g/mol. The third-order valence-corrected chi connectivity index (χ3v) is 5.61. The molecule has 5 heteroatoms. The third-order valence-electron chi connectivity index (χ3n) is 4.27. The molecule has 108 valence electrons.